The van der Waals surface area contributed by atoms with Gasteiger partial charge in [-0.15, -0.1) is 0 Å². The zero-order chi connectivity index (χ0) is 12.5. The van der Waals surface area contributed by atoms with Gasteiger partial charge in [0.2, 0.25) is 5.89 Å². The van der Waals surface area contributed by atoms with Crippen molar-refractivity contribution in [3.8, 4) is 0 Å². The van der Waals surface area contributed by atoms with E-state index in [2.05, 4.69) is 27.0 Å². The van der Waals surface area contributed by atoms with Crippen molar-refractivity contribution in [3.05, 3.63) is 5.89 Å². The van der Waals surface area contributed by atoms with Gasteiger partial charge in [-0.2, -0.15) is 16.7 Å². The quantitative estimate of drug-likeness (QED) is 0.812. The Hall–Kier alpha value is -0.790. The number of hydrogen-bond donors (Lipinski definition) is 1. The lowest BCUT2D eigenvalue weighted by Crippen LogP contribution is -2.44. The van der Waals surface area contributed by atoms with Gasteiger partial charge in [0.15, 0.2) is 0 Å². The second kappa shape index (κ2) is 5.07. The first-order valence-electron chi connectivity index (χ1n) is 6.27. The van der Waals surface area contributed by atoms with Gasteiger partial charge < -0.3 is 19.4 Å². The maximum Gasteiger partial charge on any atom is 0.266 e. The second-order valence-corrected chi connectivity index (χ2v) is 6.01. The summed E-state index contributed by atoms with van der Waals surface area (Å²) in [7, 11) is 2.12. The van der Waals surface area contributed by atoms with Gasteiger partial charge in [0.25, 0.3) is 5.95 Å². The smallest absolute Gasteiger partial charge is 0.266 e. The topological polar surface area (TPSA) is 65.6 Å². The Morgan fingerprint density at radius 1 is 1.28 bits per heavy atom. The molecule has 0 radical (unpaired) electrons. The lowest BCUT2D eigenvalue weighted by molar-refractivity contribution is 0.164. The first kappa shape index (κ1) is 12.3. The molecule has 6 nitrogen and oxygen atoms in total. The van der Waals surface area contributed by atoms with E-state index in [4.69, 9.17) is 4.52 Å². The number of aliphatic hydroxyl groups is 1. The van der Waals surface area contributed by atoms with Crippen LogP contribution in [-0.2, 0) is 0 Å². The first-order chi connectivity index (χ1) is 8.74. The molecule has 18 heavy (non-hydrogen) atoms. The van der Waals surface area contributed by atoms with Crippen LogP contribution in [-0.4, -0.2) is 71.0 Å². The van der Waals surface area contributed by atoms with Gasteiger partial charge in [0.1, 0.15) is 0 Å². The molecule has 2 unspecified atom stereocenters. The average Bonchev–Trinajstić information content (AvgIpc) is 2.98. The standard InChI is InChI=1S/C11H18N4O2S/c1-14-2-4-15(5-3-14)11-12-10(17-13-11)8-6-18-7-9(8)16/h8-9,16H,2-7H2,1H3. The predicted molar refractivity (Wildman–Crippen MR) is 70.1 cm³/mol. The molecule has 1 aromatic rings. The van der Waals surface area contributed by atoms with Crippen LogP contribution in [0.3, 0.4) is 0 Å². The highest BCUT2D eigenvalue weighted by atomic mass is 32.2. The molecule has 2 atom stereocenters. The van der Waals surface area contributed by atoms with Gasteiger partial charge in [0.05, 0.1) is 12.0 Å². The molecule has 0 amide bonds. The molecule has 2 aliphatic heterocycles. The minimum absolute atomic E-state index is 0.00344. The number of likely N-dealkylation sites (N-methyl/N-ethyl adjacent to an activating group) is 1. The highest BCUT2D eigenvalue weighted by Gasteiger charge is 2.32. The molecule has 1 aromatic heterocycles. The average molecular weight is 270 g/mol. The van der Waals surface area contributed by atoms with E-state index in [1.54, 1.807) is 11.8 Å². The lowest BCUT2D eigenvalue weighted by Gasteiger charge is -2.31. The third-order valence-corrected chi connectivity index (χ3v) is 4.76. The Morgan fingerprint density at radius 2 is 2.06 bits per heavy atom. The van der Waals surface area contributed by atoms with Gasteiger partial charge in [-0.05, 0) is 12.2 Å². The van der Waals surface area contributed by atoms with Crippen molar-refractivity contribution in [3.63, 3.8) is 0 Å². The van der Waals surface area contributed by atoms with E-state index < -0.39 is 0 Å². The van der Waals surface area contributed by atoms with Gasteiger partial charge in [-0.1, -0.05) is 0 Å². The SMILES string of the molecule is CN1CCN(c2noc(C3CSCC3O)n2)CC1. The van der Waals surface area contributed by atoms with Crippen LogP contribution in [0.4, 0.5) is 5.95 Å². The number of thioether (sulfide) groups is 1. The Balaban J connectivity index is 1.69. The fourth-order valence-electron chi connectivity index (χ4n) is 2.29. The predicted octanol–water partition coefficient (Wildman–Crippen LogP) is 0.0127. The number of hydrogen-bond acceptors (Lipinski definition) is 7. The van der Waals surface area contributed by atoms with Crippen LogP contribution in [0, 0.1) is 0 Å². The number of piperazine rings is 1. The minimum Gasteiger partial charge on any atom is -0.391 e. The van der Waals surface area contributed by atoms with E-state index in [0.29, 0.717) is 11.8 Å². The zero-order valence-corrected chi connectivity index (χ0v) is 11.3. The molecular weight excluding hydrogens is 252 g/mol. The van der Waals surface area contributed by atoms with Gasteiger partial charge >= 0.3 is 0 Å². The van der Waals surface area contributed by atoms with Crippen molar-refractivity contribution >= 4 is 17.7 Å². The third-order valence-electron chi connectivity index (χ3n) is 3.58. The van der Waals surface area contributed by atoms with E-state index in [-0.39, 0.29) is 12.0 Å². The molecule has 0 bridgehead atoms. The summed E-state index contributed by atoms with van der Waals surface area (Å²) in [5.74, 6) is 2.88. The summed E-state index contributed by atoms with van der Waals surface area (Å²) in [5.41, 5.74) is 0. The van der Waals surface area contributed by atoms with Gasteiger partial charge in [-0.3, -0.25) is 0 Å². The molecule has 0 saturated carbocycles. The van der Waals surface area contributed by atoms with Crippen molar-refractivity contribution in [1.82, 2.24) is 15.0 Å². The molecular formula is C11H18N4O2S. The highest BCUT2D eigenvalue weighted by Crippen LogP contribution is 2.32. The van der Waals surface area contributed by atoms with Crippen LogP contribution in [0.15, 0.2) is 4.52 Å². The van der Waals surface area contributed by atoms with Crippen molar-refractivity contribution in [2.75, 3.05) is 49.6 Å². The molecule has 2 fully saturated rings. The summed E-state index contributed by atoms with van der Waals surface area (Å²) in [5, 5.41) is 13.9. The van der Waals surface area contributed by atoms with Crippen LogP contribution >= 0.6 is 11.8 Å². The Kier molecular flexibility index (Phi) is 3.45. The summed E-state index contributed by atoms with van der Waals surface area (Å²) in [4.78, 5) is 8.87. The largest absolute Gasteiger partial charge is 0.391 e. The summed E-state index contributed by atoms with van der Waals surface area (Å²) in [6.07, 6.45) is -0.351. The number of aromatic nitrogens is 2. The Morgan fingerprint density at radius 3 is 2.72 bits per heavy atom. The molecule has 0 aromatic carbocycles. The Bertz CT molecular complexity index is 406. The second-order valence-electron chi connectivity index (χ2n) is 4.93. The van der Waals surface area contributed by atoms with Crippen molar-refractivity contribution in [2.45, 2.75) is 12.0 Å². The van der Waals surface area contributed by atoms with Crippen molar-refractivity contribution in [2.24, 2.45) is 0 Å². The molecule has 3 rings (SSSR count). The van der Waals surface area contributed by atoms with Crippen LogP contribution in [0.1, 0.15) is 11.8 Å². The van der Waals surface area contributed by atoms with Crippen LogP contribution in [0.5, 0.6) is 0 Å². The summed E-state index contributed by atoms with van der Waals surface area (Å²) >= 11 is 1.73. The molecule has 2 saturated heterocycles. The molecule has 1 N–H and O–H groups in total. The molecule has 100 valence electrons. The highest BCUT2D eigenvalue weighted by molar-refractivity contribution is 7.99. The fraction of sp³-hybridized carbons (Fsp3) is 0.818. The number of rotatable bonds is 2. The number of anilines is 1. The zero-order valence-electron chi connectivity index (χ0n) is 10.4. The molecule has 0 spiro atoms. The first-order valence-corrected chi connectivity index (χ1v) is 7.42. The normalized spacial score (nSPS) is 30.0. The van der Waals surface area contributed by atoms with Crippen molar-refractivity contribution in [1.29, 1.82) is 0 Å². The van der Waals surface area contributed by atoms with E-state index >= 15 is 0 Å². The van der Waals surface area contributed by atoms with Crippen LogP contribution in [0.2, 0.25) is 0 Å². The molecule has 0 aliphatic carbocycles. The van der Waals surface area contributed by atoms with Crippen LogP contribution < -0.4 is 4.90 Å². The van der Waals surface area contributed by atoms with E-state index in [1.807, 2.05) is 0 Å². The lowest BCUT2D eigenvalue weighted by atomic mass is 10.1. The maximum atomic E-state index is 9.83. The monoisotopic (exact) mass is 270 g/mol. The van der Waals surface area contributed by atoms with Crippen LogP contribution in [0.25, 0.3) is 0 Å². The Labute approximate surface area is 110 Å². The summed E-state index contributed by atoms with van der Waals surface area (Å²) < 4.78 is 5.31. The number of aliphatic hydroxyl groups excluding tert-OH is 1. The van der Waals surface area contributed by atoms with Crippen molar-refractivity contribution < 1.29 is 9.63 Å². The van der Waals surface area contributed by atoms with E-state index in [0.717, 1.165) is 37.7 Å². The summed E-state index contributed by atoms with van der Waals surface area (Å²) in [6.45, 7) is 3.90. The molecule has 7 heteroatoms. The van der Waals surface area contributed by atoms with E-state index in [9.17, 15) is 5.11 Å². The fourth-order valence-corrected chi connectivity index (χ4v) is 3.52. The maximum absolute atomic E-state index is 9.83. The van der Waals surface area contributed by atoms with Gasteiger partial charge in [0, 0.05) is 37.7 Å². The number of nitrogens with zero attached hydrogens (tertiary/aromatic N) is 4. The molecule has 3 heterocycles. The minimum atomic E-state index is -0.351. The third kappa shape index (κ3) is 2.34. The summed E-state index contributed by atoms with van der Waals surface area (Å²) in [6, 6.07) is 0. The van der Waals surface area contributed by atoms with Gasteiger partial charge in [-0.25, -0.2) is 0 Å². The molecule has 2 aliphatic rings. The van der Waals surface area contributed by atoms with E-state index in [1.165, 1.54) is 0 Å².